The van der Waals surface area contributed by atoms with Gasteiger partial charge in [0.05, 0.1) is 0 Å². The molecule has 1 aliphatic heterocycles. The second-order valence-corrected chi connectivity index (χ2v) is 5.10. The Balaban J connectivity index is 2.50. The van der Waals surface area contributed by atoms with E-state index in [2.05, 4.69) is 37.9 Å². The summed E-state index contributed by atoms with van der Waals surface area (Å²) in [6.45, 7) is 12.9. The number of rotatable bonds is 6. The van der Waals surface area contributed by atoms with Crippen molar-refractivity contribution in [2.45, 2.75) is 71.4 Å². The average Bonchev–Trinajstić information content (AvgIpc) is 2.34. The minimum atomic E-state index is 0.483. The molecule has 0 amide bonds. The fourth-order valence-corrected chi connectivity index (χ4v) is 3.27. The third-order valence-corrected chi connectivity index (χ3v) is 4.63. The molecule has 0 aromatic heterocycles. The summed E-state index contributed by atoms with van der Waals surface area (Å²) in [5, 5.41) is 3.58. The maximum absolute atomic E-state index is 3.58. The van der Waals surface area contributed by atoms with E-state index in [9.17, 15) is 0 Å². The number of hydrogen-bond donors (Lipinski definition) is 1. The van der Waals surface area contributed by atoms with Crippen molar-refractivity contribution in [1.29, 1.82) is 0 Å². The number of piperidine rings is 1. The summed E-state index contributed by atoms with van der Waals surface area (Å²) in [6, 6.07) is 0.768. The van der Waals surface area contributed by atoms with E-state index in [1.54, 1.807) is 0 Å². The molecule has 96 valence electrons. The smallest absolute Gasteiger partial charge is 0.0201 e. The second-order valence-electron chi connectivity index (χ2n) is 5.10. The summed E-state index contributed by atoms with van der Waals surface area (Å²) in [7, 11) is 0. The van der Waals surface area contributed by atoms with E-state index >= 15 is 0 Å². The highest BCUT2D eigenvalue weighted by Gasteiger charge is 2.33. The summed E-state index contributed by atoms with van der Waals surface area (Å²) in [5.74, 6) is 0. The standard InChI is InChI=1S/C14H30N2/c1-5-14(6-2,7-3)16-11-9-13(10-12-16)15-8-4/h13,15H,5-12H2,1-4H3. The van der Waals surface area contributed by atoms with Crippen LogP contribution in [0.3, 0.4) is 0 Å². The monoisotopic (exact) mass is 226 g/mol. The van der Waals surface area contributed by atoms with Crippen LogP contribution in [0.5, 0.6) is 0 Å². The lowest BCUT2D eigenvalue weighted by atomic mass is 9.85. The van der Waals surface area contributed by atoms with Crippen LogP contribution >= 0.6 is 0 Å². The van der Waals surface area contributed by atoms with E-state index in [1.165, 1.54) is 45.2 Å². The highest BCUT2D eigenvalue weighted by Crippen LogP contribution is 2.30. The van der Waals surface area contributed by atoms with Gasteiger partial charge in [0.25, 0.3) is 0 Å². The molecule has 1 aliphatic rings. The molecule has 2 heteroatoms. The van der Waals surface area contributed by atoms with Crippen LogP contribution < -0.4 is 5.32 Å². The molecule has 1 rings (SSSR count). The van der Waals surface area contributed by atoms with Gasteiger partial charge in [-0.3, -0.25) is 4.90 Å². The highest BCUT2D eigenvalue weighted by atomic mass is 15.2. The summed E-state index contributed by atoms with van der Waals surface area (Å²) >= 11 is 0. The Labute approximate surface area is 102 Å². The molecule has 0 atom stereocenters. The Kier molecular flexibility index (Phi) is 5.77. The van der Waals surface area contributed by atoms with Crippen molar-refractivity contribution in [3.8, 4) is 0 Å². The zero-order valence-electron chi connectivity index (χ0n) is 11.7. The molecule has 1 saturated heterocycles. The topological polar surface area (TPSA) is 15.3 Å². The molecule has 0 aliphatic carbocycles. The largest absolute Gasteiger partial charge is 0.314 e. The third-order valence-electron chi connectivity index (χ3n) is 4.63. The maximum Gasteiger partial charge on any atom is 0.0201 e. The van der Waals surface area contributed by atoms with Gasteiger partial charge in [0, 0.05) is 24.7 Å². The first kappa shape index (κ1) is 14.0. The van der Waals surface area contributed by atoms with Crippen LogP contribution in [0.4, 0.5) is 0 Å². The van der Waals surface area contributed by atoms with Crippen molar-refractivity contribution in [3.63, 3.8) is 0 Å². The third kappa shape index (κ3) is 2.98. The Bertz CT molecular complexity index is 171. The van der Waals surface area contributed by atoms with Crippen LogP contribution in [0, 0.1) is 0 Å². The number of hydrogen-bond acceptors (Lipinski definition) is 2. The lowest BCUT2D eigenvalue weighted by Gasteiger charge is -2.46. The van der Waals surface area contributed by atoms with Gasteiger partial charge in [-0.15, -0.1) is 0 Å². The molecule has 0 spiro atoms. The summed E-state index contributed by atoms with van der Waals surface area (Å²) in [6.07, 6.45) is 6.55. The fraction of sp³-hybridized carbons (Fsp3) is 1.00. The lowest BCUT2D eigenvalue weighted by molar-refractivity contribution is 0.0456. The summed E-state index contributed by atoms with van der Waals surface area (Å²) < 4.78 is 0. The van der Waals surface area contributed by atoms with Crippen LogP contribution in [0.1, 0.15) is 59.8 Å². The quantitative estimate of drug-likeness (QED) is 0.749. The number of nitrogens with zero attached hydrogens (tertiary/aromatic N) is 1. The van der Waals surface area contributed by atoms with Gasteiger partial charge in [0.15, 0.2) is 0 Å². The first-order valence-corrected chi connectivity index (χ1v) is 7.20. The Morgan fingerprint density at radius 2 is 1.50 bits per heavy atom. The SMILES string of the molecule is CCNC1CCN(C(CC)(CC)CC)CC1. The molecule has 0 bridgehead atoms. The molecule has 16 heavy (non-hydrogen) atoms. The molecule has 2 nitrogen and oxygen atoms in total. The first-order chi connectivity index (χ1) is 7.72. The van der Waals surface area contributed by atoms with E-state index in [0.717, 1.165) is 12.6 Å². The summed E-state index contributed by atoms with van der Waals surface area (Å²) in [4.78, 5) is 2.75. The van der Waals surface area contributed by atoms with Gasteiger partial charge in [-0.2, -0.15) is 0 Å². The van der Waals surface area contributed by atoms with Crippen LogP contribution in [0.25, 0.3) is 0 Å². The predicted molar refractivity (Wildman–Crippen MR) is 71.9 cm³/mol. The van der Waals surface area contributed by atoms with E-state index in [0.29, 0.717) is 5.54 Å². The minimum absolute atomic E-state index is 0.483. The van der Waals surface area contributed by atoms with Gasteiger partial charge >= 0.3 is 0 Å². The number of likely N-dealkylation sites (tertiary alicyclic amines) is 1. The fourth-order valence-electron chi connectivity index (χ4n) is 3.27. The molecule has 0 radical (unpaired) electrons. The van der Waals surface area contributed by atoms with Crippen molar-refractivity contribution >= 4 is 0 Å². The molecular formula is C14H30N2. The number of nitrogens with one attached hydrogen (secondary N) is 1. The molecule has 1 fully saturated rings. The molecule has 1 heterocycles. The van der Waals surface area contributed by atoms with Crippen molar-refractivity contribution in [3.05, 3.63) is 0 Å². The predicted octanol–water partition coefficient (Wildman–Crippen LogP) is 3.03. The molecule has 0 unspecified atom stereocenters. The zero-order chi connectivity index (χ0) is 12.0. The average molecular weight is 226 g/mol. The van der Waals surface area contributed by atoms with Crippen LogP contribution in [-0.4, -0.2) is 36.1 Å². The maximum atomic E-state index is 3.58. The van der Waals surface area contributed by atoms with E-state index in [1.807, 2.05) is 0 Å². The van der Waals surface area contributed by atoms with Crippen molar-refractivity contribution in [2.75, 3.05) is 19.6 Å². The van der Waals surface area contributed by atoms with Crippen LogP contribution in [0.2, 0.25) is 0 Å². The summed E-state index contributed by atoms with van der Waals surface area (Å²) in [5.41, 5.74) is 0.483. The Hall–Kier alpha value is -0.0800. The van der Waals surface area contributed by atoms with Crippen molar-refractivity contribution in [2.24, 2.45) is 0 Å². The zero-order valence-corrected chi connectivity index (χ0v) is 11.7. The molecule has 1 N–H and O–H groups in total. The van der Waals surface area contributed by atoms with Crippen LogP contribution in [-0.2, 0) is 0 Å². The minimum Gasteiger partial charge on any atom is -0.314 e. The Morgan fingerprint density at radius 1 is 1.00 bits per heavy atom. The highest BCUT2D eigenvalue weighted by molar-refractivity contribution is 4.91. The van der Waals surface area contributed by atoms with Gasteiger partial charge in [-0.05, 0) is 38.6 Å². The van der Waals surface area contributed by atoms with E-state index < -0.39 is 0 Å². The lowest BCUT2D eigenvalue weighted by Crippen LogP contribution is -2.53. The second kappa shape index (κ2) is 6.61. The van der Waals surface area contributed by atoms with Crippen LogP contribution in [0.15, 0.2) is 0 Å². The van der Waals surface area contributed by atoms with Crippen molar-refractivity contribution < 1.29 is 0 Å². The van der Waals surface area contributed by atoms with E-state index in [-0.39, 0.29) is 0 Å². The van der Waals surface area contributed by atoms with Gasteiger partial charge in [-0.1, -0.05) is 27.7 Å². The van der Waals surface area contributed by atoms with Gasteiger partial charge < -0.3 is 5.32 Å². The first-order valence-electron chi connectivity index (χ1n) is 7.20. The molecule has 0 aromatic carbocycles. The molecule has 0 saturated carbocycles. The van der Waals surface area contributed by atoms with Gasteiger partial charge in [0.2, 0.25) is 0 Å². The molecule has 0 aromatic rings. The van der Waals surface area contributed by atoms with Gasteiger partial charge in [-0.25, -0.2) is 0 Å². The normalized spacial score (nSPS) is 20.2. The van der Waals surface area contributed by atoms with Gasteiger partial charge in [0.1, 0.15) is 0 Å². The van der Waals surface area contributed by atoms with Crippen molar-refractivity contribution in [1.82, 2.24) is 10.2 Å². The Morgan fingerprint density at radius 3 is 1.88 bits per heavy atom. The van der Waals surface area contributed by atoms with E-state index in [4.69, 9.17) is 0 Å². The molecular weight excluding hydrogens is 196 g/mol.